The van der Waals surface area contributed by atoms with E-state index in [4.69, 9.17) is 9.47 Å². The lowest BCUT2D eigenvalue weighted by Crippen LogP contribution is -2.55. The molecule has 3 aromatic rings. The number of carbonyl (C=O) groups is 2. The zero-order chi connectivity index (χ0) is 24.9. The van der Waals surface area contributed by atoms with Crippen molar-refractivity contribution in [3.8, 4) is 22.8 Å². The number of piperazine rings is 1. The van der Waals surface area contributed by atoms with Crippen molar-refractivity contribution in [1.82, 2.24) is 19.8 Å². The monoisotopic (exact) mass is 480 g/mol. The Hall–Kier alpha value is -3.72. The van der Waals surface area contributed by atoms with Crippen LogP contribution in [0.25, 0.3) is 17.1 Å². The second-order valence-electron chi connectivity index (χ2n) is 8.39. The van der Waals surface area contributed by atoms with Gasteiger partial charge in [-0.1, -0.05) is 12.1 Å². The van der Waals surface area contributed by atoms with E-state index in [0.29, 0.717) is 43.5 Å². The summed E-state index contributed by atoms with van der Waals surface area (Å²) in [7, 11) is 0. The molecule has 1 N–H and O–H groups in total. The molecule has 1 atom stereocenters. The van der Waals surface area contributed by atoms with Crippen LogP contribution in [0.2, 0.25) is 0 Å². The lowest BCUT2D eigenvalue weighted by molar-refractivity contribution is -0.142. The van der Waals surface area contributed by atoms with Gasteiger partial charge in [0.25, 0.3) is 5.91 Å². The number of benzene rings is 2. The number of hydrogen-bond donors (Lipinski definition) is 1. The summed E-state index contributed by atoms with van der Waals surface area (Å²) in [6.07, 6.45) is 1.62. The van der Waals surface area contributed by atoms with Gasteiger partial charge in [0.05, 0.1) is 23.9 Å². The zero-order valence-corrected chi connectivity index (χ0v) is 20.1. The average molecular weight is 481 g/mol. The molecule has 184 valence electrons. The van der Waals surface area contributed by atoms with Crippen molar-refractivity contribution in [3.05, 3.63) is 65.7 Å². The predicted molar refractivity (Wildman–Crippen MR) is 129 cm³/mol. The number of esters is 1. The quantitative estimate of drug-likeness (QED) is 0.522. The molecule has 8 nitrogen and oxygen atoms in total. The first-order valence-corrected chi connectivity index (χ1v) is 11.6. The molecule has 4 rings (SSSR count). The van der Waals surface area contributed by atoms with Crippen molar-refractivity contribution >= 4 is 11.9 Å². The number of rotatable bonds is 7. The number of aryl methyl sites for hydroxylation is 1. The standard InChI is InChI=1S/C26H29FN4O4/c1-4-34-21-7-5-6-19(13-21)31-15-24(29-25(31)22-9-8-17(2)12-23(22)27)26(33)30-11-10-28-14-20(30)16-35-18(3)32/h5-9,12-13,15,20,28H,4,10-11,14,16H2,1-3H3/t20-/m0/s1. The molecule has 1 aromatic heterocycles. The van der Waals surface area contributed by atoms with Gasteiger partial charge in [-0.15, -0.1) is 0 Å². The minimum atomic E-state index is -0.424. The second-order valence-corrected chi connectivity index (χ2v) is 8.39. The summed E-state index contributed by atoms with van der Waals surface area (Å²) in [4.78, 5) is 31.1. The van der Waals surface area contributed by atoms with Crippen LogP contribution in [0.15, 0.2) is 48.7 Å². The Bertz CT molecular complexity index is 1230. The lowest BCUT2D eigenvalue weighted by Gasteiger charge is -2.35. The van der Waals surface area contributed by atoms with Gasteiger partial charge in [0.2, 0.25) is 0 Å². The summed E-state index contributed by atoms with van der Waals surface area (Å²) in [6.45, 7) is 7.18. The Balaban J connectivity index is 1.76. The molecule has 2 aromatic carbocycles. The third-order valence-corrected chi connectivity index (χ3v) is 5.79. The SMILES string of the molecule is CCOc1cccc(-n2cc(C(=O)N3CCNC[C@H]3COC(C)=O)nc2-c2ccc(C)cc2F)c1. The van der Waals surface area contributed by atoms with Crippen molar-refractivity contribution in [1.29, 1.82) is 0 Å². The summed E-state index contributed by atoms with van der Waals surface area (Å²) >= 11 is 0. The highest BCUT2D eigenvalue weighted by atomic mass is 19.1. The number of hydrogen-bond acceptors (Lipinski definition) is 6. The first-order valence-electron chi connectivity index (χ1n) is 11.6. The van der Waals surface area contributed by atoms with E-state index in [-0.39, 0.29) is 29.8 Å². The molecule has 9 heteroatoms. The molecule has 0 spiro atoms. The summed E-state index contributed by atoms with van der Waals surface area (Å²) in [6, 6.07) is 11.9. The third kappa shape index (κ3) is 5.51. The van der Waals surface area contributed by atoms with Crippen LogP contribution in [0, 0.1) is 12.7 Å². The number of aromatic nitrogens is 2. The smallest absolute Gasteiger partial charge is 0.302 e. The molecule has 1 fully saturated rings. The summed E-state index contributed by atoms with van der Waals surface area (Å²) in [5.74, 6) is -0.168. The number of amides is 1. The van der Waals surface area contributed by atoms with Crippen LogP contribution in [-0.4, -0.2) is 65.2 Å². The molecule has 1 saturated heterocycles. The van der Waals surface area contributed by atoms with Crippen molar-refractivity contribution in [2.75, 3.05) is 32.8 Å². The minimum Gasteiger partial charge on any atom is -0.494 e. The topological polar surface area (TPSA) is 85.7 Å². The maximum atomic E-state index is 15.0. The fraction of sp³-hybridized carbons (Fsp3) is 0.346. The van der Waals surface area contributed by atoms with Crippen LogP contribution in [0.5, 0.6) is 5.75 Å². The Morgan fingerprint density at radius 3 is 2.80 bits per heavy atom. The molecule has 2 heterocycles. The van der Waals surface area contributed by atoms with Gasteiger partial charge in [-0.25, -0.2) is 9.37 Å². The molecule has 1 amide bonds. The molecule has 0 bridgehead atoms. The van der Waals surface area contributed by atoms with E-state index in [2.05, 4.69) is 10.3 Å². The third-order valence-electron chi connectivity index (χ3n) is 5.79. The van der Waals surface area contributed by atoms with Crippen LogP contribution in [0.3, 0.4) is 0 Å². The van der Waals surface area contributed by atoms with Gasteiger partial charge in [-0.3, -0.25) is 14.2 Å². The van der Waals surface area contributed by atoms with Crippen LogP contribution in [0.1, 0.15) is 29.9 Å². The zero-order valence-electron chi connectivity index (χ0n) is 20.1. The number of nitrogens with zero attached hydrogens (tertiary/aromatic N) is 3. The largest absolute Gasteiger partial charge is 0.494 e. The maximum Gasteiger partial charge on any atom is 0.302 e. The van der Waals surface area contributed by atoms with Crippen LogP contribution >= 0.6 is 0 Å². The van der Waals surface area contributed by atoms with Gasteiger partial charge in [0.15, 0.2) is 0 Å². The summed E-state index contributed by atoms with van der Waals surface area (Å²) in [5, 5.41) is 3.22. The number of nitrogens with one attached hydrogen (secondary N) is 1. The highest BCUT2D eigenvalue weighted by Gasteiger charge is 2.30. The van der Waals surface area contributed by atoms with Crippen LogP contribution < -0.4 is 10.1 Å². The Labute approximate surface area is 203 Å². The first-order chi connectivity index (χ1) is 16.9. The molecule has 1 aliphatic heterocycles. The molecule has 0 saturated carbocycles. The molecular weight excluding hydrogens is 451 g/mol. The fourth-order valence-corrected chi connectivity index (χ4v) is 4.10. The normalized spacial score (nSPS) is 15.7. The van der Waals surface area contributed by atoms with E-state index in [0.717, 1.165) is 5.56 Å². The van der Waals surface area contributed by atoms with Crippen molar-refractivity contribution < 1.29 is 23.5 Å². The molecule has 35 heavy (non-hydrogen) atoms. The van der Waals surface area contributed by atoms with E-state index in [9.17, 15) is 9.59 Å². The Morgan fingerprint density at radius 1 is 1.23 bits per heavy atom. The summed E-state index contributed by atoms with van der Waals surface area (Å²) < 4.78 is 27.5. The van der Waals surface area contributed by atoms with E-state index in [1.54, 1.807) is 27.8 Å². The minimum absolute atomic E-state index is 0.0879. The predicted octanol–water partition coefficient (Wildman–Crippen LogP) is 3.36. The Morgan fingerprint density at radius 2 is 2.06 bits per heavy atom. The molecule has 0 radical (unpaired) electrons. The lowest BCUT2D eigenvalue weighted by atomic mass is 10.1. The van der Waals surface area contributed by atoms with Crippen molar-refractivity contribution in [3.63, 3.8) is 0 Å². The van der Waals surface area contributed by atoms with Gasteiger partial charge in [-0.05, 0) is 43.7 Å². The van der Waals surface area contributed by atoms with Gasteiger partial charge in [0, 0.05) is 38.8 Å². The van der Waals surface area contributed by atoms with Crippen LogP contribution in [-0.2, 0) is 9.53 Å². The number of carbonyl (C=O) groups excluding carboxylic acids is 2. The highest BCUT2D eigenvalue weighted by Crippen LogP contribution is 2.28. The van der Waals surface area contributed by atoms with E-state index >= 15 is 4.39 Å². The van der Waals surface area contributed by atoms with Crippen molar-refractivity contribution in [2.24, 2.45) is 0 Å². The average Bonchev–Trinajstić information content (AvgIpc) is 3.28. The van der Waals surface area contributed by atoms with Gasteiger partial charge >= 0.3 is 5.97 Å². The maximum absolute atomic E-state index is 15.0. The molecule has 0 unspecified atom stereocenters. The number of imidazole rings is 1. The van der Waals surface area contributed by atoms with Gasteiger partial charge in [0.1, 0.15) is 29.7 Å². The fourth-order valence-electron chi connectivity index (χ4n) is 4.10. The second kappa shape index (κ2) is 10.7. The molecule has 1 aliphatic rings. The van der Waals surface area contributed by atoms with Gasteiger partial charge in [-0.2, -0.15) is 0 Å². The summed E-state index contributed by atoms with van der Waals surface area (Å²) in [5.41, 5.74) is 1.94. The van der Waals surface area contributed by atoms with E-state index in [1.165, 1.54) is 13.0 Å². The molecular formula is C26H29FN4O4. The number of ether oxygens (including phenoxy) is 2. The first kappa shape index (κ1) is 24.4. The van der Waals surface area contributed by atoms with Crippen molar-refractivity contribution in [2.45, 2.75) is 26.8 Å². The Kier molecular flexibility index (Phi) is 7.45. The van der Waals surface area contributed by atoms with E-state index in [1.807, 2.05) is 38.1 Å². The number of halogens is 1. The van der Waals surface area contributed by atoms with Gasteiger partial charge < -0.3 is 19.7 Å². The molecule has 0 aliphatic carbocycles. The van der Waals surface area contributed by atoms with Crippen LogP contribution in [0.4, 0.5) is 4.39 Å². The highest BCUT2D eigenvalue weighted by molar-refractivity contribution is 5.93. The van der Waals surface area contributed by atoms with E-state index < -0.39 is 11.8 Å².